The van der Waals surface area contributed by atoms with Crippen molar-refractivity contribution >= 4 is 23.7 Å². The molecule has 3 rings (SSSR count). The lowest BCUT2D eigenvalue weighted by Gasteiger charge is -2.33. The fourth-order valence-corrected chi connectivity index (χ4v) is 4.60. The number of hydrogen-bond donors (Lipinski definition) is 5. The van der Waals surface area contributed by atoms with Crippen molar-refractivity contribution in [2.45, 2.75) is 44.2 Å². The maximum absolute atomic E-state index is 13.4. The van der Waals surface area contributed by atoms with Gasteiger partial charge in [0, 0.05) is 26.2 Å². The molecule has 2 atom stereocenters. The summed E-state index contributed by atoms with van der Waals surface area (Å²) in [6.45, 7) is 1.95. The molecule has 6 N–H and O–H groups in total. The molecule has 2 aliphatic heterocycles. The molecule has 0 radical (unpaired) electrons. The van der Waals surface area contributed by atoms with Crippen LogP contribution in [-0.2, 0) is 20.8 Å². The lowest BCUT2D eigenvalue weighted by Crippen LogP contribution is -2.54. The maximum atomic E-state index is 13.4. The van der Waals surface area contributed by atoms with Gasteiger partial charge in [-0.2, -0.15) is 0 Å². The highest BCUT2D eigenvalue weighted by molar-refractivity contribution is 5.90. The Morgan fingerprint density at radius 3 is 2.47 bits per heavy atom. The summed E-state index contributed by atoms with van der Waals surface area (Å²) in [4.78, 5) is 40.8. The maximum Gasteiger partial charge on any atom is 0.317 e. The first-order valence-electron chi connectivity index (χ1n) is 11.7. The summed E-state index contributed by atoms with van der Waals surface area (Å²) in [6.07, 6.45) is 3.26. The fraction of sp³-hybridized carbons (Fsp3) is 0.565. The van der Waals surface area contributed by atoms with Gasteiger partial charge in [0.2, 0.25) is 17.8 Å². The summed E-state index contributed by atoms with van der Waals surface area (Å²) < 4.78 is 0. The molecule has 0 bridgehead atoms. The third-order valence-corrected chi connectivity index (χ3v) is 6.52. The second-order valence-corrected chi connectivity index (χ2v) is 8.84. The predicted octanol–water partition coefficient (Wildman–Crippen LogP) is -0.205. The van der Waals surface area contributed by atoms with Crippen LogP contribution >= 0.6 is 0 Å². The lowest BCUT2D eigenvalue weighted by molar-refractivity contribution is -0.141. The number of amides is 2. The number of likely N-dealkylation sites (tertiary alicyclic amines) is 2. The number of carbonyl (C=O) groups excluding carboxylic acids is 2. The van der Waals surface area contributed by atoms with Crippen LogP contribution in [0.2, 0.25) is 0 Å². The van der Waals surface area contributed by atoms with Crippen molar-refractivity contribution in [2.75, 3.05) is 32.7 Å². The van der Waals surface area contributed by atoms with E-state index in [2.05, 4.69) is 15.8 Å². The van der Waals surface area contributed by atoms with Gasteiger partial charge in [0.05, 0.1) is 12.6 Å². The number of carbonyl (C=O) groups is 3. The van der Waals surface area contributed by atoms with Crippen LogP contribution in [0.5, 0.6) is 0 Å². The standard InChI is InChI=1S/C23H34N6O5/c24-23(27-34)28-11-8-17(9-12-28)14-26-21(32)19-7-4-10-29(19)22(33)18(25-15-20(30)31)13-16-5-2-1-3-6-16/h1-3,5-6,17-19,25,34H,4,7-15H2,(H2,24,27)(H,26,32)(H,30,31)/t18-,19+/m1/s1. The van der Waals surface area contributed by atoms with E-state index in [0.29, 0.717) is 39.0 Å². The van der Waals surface area contributed by atoms with Crippen LogP contribution in [-0.4, -0.2) is 88.7 Å². The van der Waals surface area contributed by atoms with Gasteiger partial charge in [-0.25, -0.2) is 0 Å². The lowest BCUT2D eigenvalue weighted by atomic mass is 9.97. The summed E-state index contributed by atoms with van der Waals surface area (Å²) in [5.74, 6) is -1.10. The predicted molar refractivity (Wildman–Crippen MR) is 125 cm³/mol. The molecule has 11 nitrogen and oxygen atoms in total. The Morgan fingerprint density at radius 2 is 1.82 bits per heavy atom. The van der Waals surface area contributed by atoms with E-state index in [-0.39, 0.29) is 30.2 Å². The summed E-state index contributed by atoms with van der Waals surface area (Å²) >= 11 is 0. The van der Waals surface area contributed by atoms with E-state index < -0.39 is 18.1 Å². The van der Waals surface area contributed by atoms with Crippen molar-refractivity contribution in [3.05, 3.63) is 35.9 Å². The first-order chi connectivity index (χ1) is 16.4. The molecule has 11 heteroatoms. The molecule has 0 unspecified atom stereocenters. The highest BCUT2D eigenvalue weighted by Crippen LogP contribution is 2.21. The number of nitrogens with two attached hydrogens (primary N) is 1. The Labute approximate surface area is 199 Å². The molecule has 2 heterocycles. The molecule has 34 heavy (non-hydrogen) atoms. The average molecular weight is 475 g/mol. The first kappa shape index (κ1) is 25.3. The van der Waals surface area contributed by atoms with Gasteiger partial charge in [0.15, 0.2) is 0 Å². The molecule has 2 aliphatic rings. The molecule has 0 saturated carbocycles. The number of nitrogens with one attached hydrogen (secondary N) is 2. The molecule has 0 aromatic heterocycles. The van der Waals surface area contributed by atoms with Gasteiger partial charge in [-0.05, 0) is 43.6 Å². The second-order valence-electron chi connectivity index (χ2n) is 8.84. The Bertz CT molecular complexity index is 872. The van der Waals surface area contributed by atoms with Crippen molar-refractivity contribution in [1.29, 1.82) is 0 Å². The summed E-state index contributed by atoms with van der Waals surface area (Å²) in [6, 6.07) is 8.12. The molecule has 0 spiro atoms. The van der Waals surface area contributed by atoms with Crippen molar-refractivity contribution in [3.63, 3.8) is 0 Å². The number of aliphatic carboxylic acids is 1. The Kier molecular flexibility index (Phi) is 9.08. The van der Waals surface area contributed by atoms with Gasteiger partial charge in [-0.3, -0.25) is 19.7 Å². The molecule has 1 aromatic rings. The topological polar surface area (TPSA) is 161 Å². The molecule has 0 aliphatic carbocycles. The Hall–Kier alpha value is -3.34. The van der Waals surface area contributed by atoms with Gasteiger partial charge >= 0.3 is 5.97 Å². The minimum absolute atomic E-state index is 0.101. The number of nitrogens with zero attached hydrogens (tertiary/aromatic N) is 3. The Morgan fingerprint density at radius 1 is 1.12 bits per heavy atom. The van der Waals surface area contributed by atoms with Crippen LogP contribution in [0.25, 0.3) is 0 Å². The summed E-state index contributed by atoms with van der Waals surface area (Å²) in [7, 11) is 0. The minimum atomic E-state index is -1.04. The number of rotatable bonds is 9. The van der Waals surface area contributed by atoms with E-state index >= 15 is 0 Å². The normalized spacial score (nSPS) is 20.2. The van der Waals surface area contributed by atoms with Crippen LogP contribution in [0.15, 0.2) is 35.5 Å². The largest absolute Gasteiger partial charge is 0.480 e. The number of carboxylic acids is 1. The number of guanidine groups is 1. The van der Waals surface area contributed by atoms with Gasteiger partial charge < -0.3 is 31.2 Å². The number of carboxylic acid groups (broad SMARTS) is 1. The third-order valence-electron chi connectivity index (χ3n) is 6.52. The quantitative estimate of drug-likeness (QED) is 0.142. The molecule has 2 saturated heterocycles. The molecule has 2 fully saturated rings. The zero-order valence-corrected chi connectivity index (χ0v) is 19.2. The van der Waals surface area contributed by atoms with Crippen molar-refractivity contribution in [3.8, 4) is 0 Å². The monoisotopic (exact) mass is 474 g/mol. The van der Waals surface area contributed by atoms with E-state index in [1.165, 1.54) is 0 Å². The summed E-state index contributed by atoms with van der Waals surface area (Å²) in [5.41, 5.74) is 6.55. The van der Waals surface area contributed by atoms with Gasteiger partial charge in [0.25, 0.3) is 0 Å². The second kappa shape index (κ2) is 12.2. The van der Waals surface area contributed by atoms with E-state index in [4.69, 9.17) is 16.0 Å². The number of oxime groups is 1. The SMILES string of the molecule is N/C(=N/O)N1CCC(CNC(=O)[C@@H]2CCCN2C(=O)[C@@H](Cc2ccccc2)NCC(=O)O)CC1. The van der Waals surface area contributed by atoms with E-state index in [1.54, 1.807) is 9.80 Å². The molecule has 1 aromatic carbocycles. The first-order valence-corrected chi connectivity index (χ1v) is 11.7. The van der Waals surface area contributed by atoms with Gasteiger partial charge in [-0.15, -0.1) is 0 Å². The third kappa shape index (κ3) is 6.83. The van der Waals surface area contributed by atoms with Gasteiger partial charge in [-0.1, -0.05) is 35.5 Å². The van der Waals surface area contributed by atoms with Crippen molar-refractivity contribution < 1.29 is 24.7 Å². The van der Waals surface area contributed by atoms with Crippen molar-refractivity contribution in [1.82, 2.24) is 20.4 Å². The number of piperidine rings is 1. The molecular formula is C23H34N6O5. The Balaban J connectivity index is 1.56. The smallest absolute Gasteiger partial charge is 0.317 e. The van der Waals surface area contributed by atoms with Crippen LogP contribution in [0.4, 0.5) is 0 Å². The van der Waals surface area contributed by atoms with E-state index in [1.807, 2.05) is 30.3 Å². The van der Waals surface area contributed by atoms with E-state index in [0.717, 1.165) is 24.8 Å². The molecule has 186 valence electrons. The molecular weight excluding hydrogens is 440 g/mol. The minimum Gasteiger partial charge on any atom is -0.480 e. The average Bonchev–Trinajstić information content (AvgIpc) is 3.35. The van der Waals surface area contributed by atoms with Crippen LogP contribution in [0.1, 0.15) is 31.2 Å². The molecule has 2 amide bonds. The van der Waals surface area contributed by atoms with Gasteiger partial charge in [0.1, 0.15) is 6.04 Å². The summed E-state index contributed by atoms with van der Waals surface area (Å²) in [5, 5.41) is 26.8. The number of hydrogen-bond acceptors (Lipinski definition) is 6. The highest BCUT2D eigenvalue weighted by Gasteiger charge is 2.37. The zero-order valence-electron chi connectivity index (χ0n) is 19.2. The zero-order chi connectivity index (χ0) is 24.5. The van der Waals surface area contributed by atoms with Crippen LogP contribution in [0, 0.1) is 5.92 Å². The van der Waals surface area contributed by atoms with Crippen molar-refractivity contribution in [2.24, 2.45) is 16.8 Å². The highest BCUT2D eigenvalue weighted by atomic mass is 16.4. The van der Waals surface area contributed by atoms with Crippen LogP contribution < -0.4 is 16.4 Å². The fourth-order valence-electron chi connectivity index (χ4n) is 4.60. The number of benzene rings is 1. The van der Waals surface area contributed by atoms with Crippen LogP contribution in [0.3, 0.4) is 0 Å². The van der Waals surface area contributed by atoms with E-state index in [9.17, 15) is 14.4 Å².